The molecule has 2 nitrogen and oxygen atoms in total. The molecule has 0 unspecified atom stereocenters. The SMILES string of the molecule is CC1(C)c2ccccc2-c2ccc(-c3ccc4c(c3)c3cc(-c5ccc(N(c6ccccc6)c6ccc(-c7ccccc7)cc6)cc5)ccc3n4-c3ccccc3)cc21. The quantitative estimate of drug-likeness (QED) is 0.157. The Kier molecular flexibility index (Phi) is 8.20. The molecule has 0 spiro atoms. The number of hydrogen-bond acceptors (Lipinski definition) is 1. The lowest BCUT2D eigenvalue weighted by Crippen LogP contribution is -2.14. The fourth-order valence-electron chi connectivity index (χ4n) is 9.38. The van der Waals surface area contributed by atoms with Crippen molar-refractivity contribution in [1.82, 2.24) is 4.57 Å². The highest BCUT2D eigenvalue weighted by Gasteiger charge is 2.35. The third-order valence-electron chi connectivity index (χ3n) is 12.4. The summed E-state index contributed by atoms with van der Waals surface area (Å²) in [6, 6.07) is 79.7. The van der Waals surface area contributed by atoms with E-state index >= 15 is 0 Å². The van der Waals surface area contributed by atoms with Gasteiger partial charge in [0.15, 0.2) is 0 Å². The van der Waals surface area contributed by atoms with Crippen LogP contribution in [0.1, 0.15) is 25.0 Å². The third-order valence-corrected chi connectivity index (χ3v) is 12.4. The first kappa shape index (κ1) is 34.8. The number of nitrogens with zero attached hydrogens (tertiary/aromatic N) is 2. The largest absolute Gasteiger partial charge is 0.311 e. The van der Waals surface area contributed by atoms with Crippen molar-refractivity contribution in [3.05, 3.63) is 230 Å². The van der Waals surface area contributed by atoms with Crippen LogP contribution in [0.25, 0.3) is 72.0 Å². The van der Waals surface area contributed by atoms with Crippen molar-refractivity contribution in [3.63, 3.8) is 0 Å². The first-order chi connectivity index (χ1) is 29.0. The molecule has 0 saturated heterocycles. The predicted molar refractivity (Wildman–Crippen MR) is 249 cm³/mol. The van der Waals surface area contributed by atoms with Gasteiger partial charge in [-0.15, -0.1) is 0 Å². The Labute approximate surface area is 345 Å². The maximum absolute atomic E-state index is 2.43. The fraction of sp³-hybridized carbons (Fsp3) is 0.0526. The minimum atomic E-state index is -0.0507. The molecule has 59 heavy (non-hydrogen) atoms. The van der Waals surface area contributed by atoms with E-state index in [1.807, 2.05) is 0 Å². The second-order valence-electron chi connectivity index (χ2n) is 16.2. The first-order valence-electron chi connectivity index (χ1n) is 20.5. The summed E-state index contributed by atoms with van der Waals surface area (Å²) < 4.78 is 2.41. The van der Waals surface area contributed by atoms with E-state index in [2.05, 4.69) is 242 Å². The molecule has 2 heteroatoms. The Morgan fingerprint density at radius 2 is 0.763 bits per heavy atom. The first-order valence-corrected chi connectivity index (χ1v) is 20.5. The Morgan fingerprint density at radius 3 is 1.39 bits per heavy atom. The van der Waals surface area contributed by atoms with Gasteiger partial charge in [-0.05, 0) is 134 Å². The van der Waals surface area contributed by atoms with Crippen LogP contribution < -0.4 is 4.90 Å². The number of para-hydroxylation sites is 2. The Morgan fingerprint density at radius 1 is 0.339 bits per heavy atom. The summed E-state index contributed by atoms with van der Waals surface area (Å²) in [5.41, 5.74) is 19.6. The zero-order valence-electron chi connectivity index (χ0n) is 33.2. The van der Waals surface area contributed by atoms with Gasteiger partial charge in [0.2, 0.25) is 0 Å². The molecule has 1 heterocycles. The summed E-state index contributed by atoms with van der Waals surface area (Å²) in [5.74, 6) is 0. The maximum Gasteiger partial charge on any atom is 0.0541 e. The van der Waals surface area contributed by atoms with Crippen molar-refractivity contribution in [2.75, 3.05) is 4.90 Å². The molecule has 1 aliphatic carbocycles. The van der Waals surface area contributed by atoms with E-state index in [1.165, 1.54) is 77.4 Å². The molecule has 9 aromatic carbocycles. The summed E-state index contributed by atoms with van der Waals surface area (Å²) in [4.78, 5) is 2.33. The lowest BCUT2D eigenvalue weighted by molar-refractivity contribution is 0.660. The molecule has 0 bridgehead atoms. The third kappa shape index (κ3) is 5.87. The van der Waals surface area contributed by atoms with Crippen molar-refractivity contribution >= 4 is 38.9 Å². The molecule has 11 rings (SSSR count). The highest BCUT2D eigenvalue weighted by Crippen LogP contribution is 2.50. The molecule has 0 aliphatic heterocycles. The normalized spacial score (nSPS) is 12.7. The van der Waals surface area contributed by atoms with Crippen LogP contribution in [0, 0.1) is 0 Å². The van der Waals surface area contributed by atoms with Gasteiger partial charge in [-0.1, -0.05) is 153 Å². The molecule has 0 amide bonds. The number of aromatic nitrogens is 1. The smallest absolute Gasteiger partial charge is 0.0541 e. The molecule has 280 valence electrons. The monoisotopic (exact) mass is 754 g/mol. The molecule has 1 aliphatic rings. The summed E-state index contributed by atoms with van der Waals surface area (Å²) in [7, 11) is 0. The number of anilines is 3. The topological polar surface area (TPSA) is 8.17 Å². The van der Waals surface area contributed by atoms with Gasteiger partial charge >= 0.3 is 0 Å². The molecule has 10 aromatic rings. The summed E-state index contributed by atoms with van der Waals surface area (Å²) in [6.07, 6.45) is 0. The van der Waals surface area contributed by atoms with E-state index in [0.29, 0.717) is 0 Å². The van der Waals surface area contributed by atoms with Crippen LogP contribution in [-0.4, -0.2) is 4.57 Å². The second-order valence-corrected chi connectivity index (χ2v) is 16.2. The minimum Gasteiger partial charge on any atom is -0.311 e. The molecule has 0 fully saturated rings. The van der Waals surface area contributed by atoms with Crippen LogP contribution in [0.2, 0.25) is 0 Å². The number of rotatable bonds is 7. The van der Waals surface area contributed by atoms with E-state index < -0.39 is 0 Å². The zero-order chi connectivity index (χ0) is 39.5. The standard InChI is InChI=1S/C57H42N2/c1-57(2)53-21-13-12-20-49(53)50-33-26-44(38-54(50)57)43-28-35-56-52(37-43)51-36-42(27-34-55(51)59(56)46-18-10-5-11-19-46)41-24-31-48(32-25-41)58(45-16-8-4-9-17-45)47-29-22-40(23-30-47)39-14-6-3-7-15-39/h3-38H,1-2H3. The lowest BCUT2D eigenvalue weighted by Gasteiger charge is -2.26. The van der Waals surface area contributed by atoms with Gasteiger partial charge in [-0.3, -0.25) is 0 Å². The number of fused-ring (bicyclic) bond motifs is 6. The maximum atomic E-state index is 2.43. The summed E-state index contributed by atoms with van der Waals surface area (Å²) in [5, 5.41) is 2.49. The van der Waals surface area contributed by atoms with Crippen LogP contribution >= 0.6 is 0 Å². The molecular weight excluding hydrogens is 713 g/mol. The molecule has 0 saturated carbocycles. The van der Waals surface area contributed by atoms with Crippen molar-refractivity contribution in [3.8, 4) is 50.2 Å². The number of hydrogen-bond donors (Lipinski definition) is 0. The van der Waals surface area contributed by atoms with E-state index in [1.54, 1.807) is 0 Å². The molecule has 0 N–H and O–H groups in total. The molecular formula is C57H42N2. The predicted octanol–water partition coefficient (Wildman–Crippen LogP) is 15.6. The highest BCUT2D eigenvalue weighted by atomic mass is 15.1. The lowest BCUT2D eigenvalue weighted by atomic mass is 9.81. The Hall–Kier alpha value is -7.42. The average molecular weight is 755 g/mol. The Balaban J connectivity index is 0.997. The van der Waals surface area contributed by atoms with E-state index in [4.69, 9.17) is 0 Å². The van der Waals surface area contributed by atoms with Crippen LogP contribution in [0.5, 0.6) is 0 Å². The zero-order valence-corrected chi connectivity index (χ0v) is 33.2. The van der Waals surface area contributed by atoms with Gasteiger partial charge in [0.25, 0.3) is 0 Å². The van der Waals surface area contributed by atoms with Crippen LogP contribution in [0.4, 0.5) is 17.1 Å². The van der Waals surface area contributed by atoms with Gasteiger partial charge in [-0.25, -0.2) is 0 Å². The van der Waals surface area contributed by atoms with Crippen LogP contribution in [0.15, 0.2) is 218 Å². The summed E-state index contributed by atoms with van der Waals surface area (Å²) in [6.45, 7) is 4.71. The molecule has 0 radical (unpaired) electrons. The second kappa shape index (κ2) is 13.9. The van der Waals surface area contributed by atoms with Crippen molar-refractivity contribution in [1.29, 1.82) is 0 Å². The summed E-state index contributed by atoms with van der Waals surface area (Å²) >= 11 is 0. The van der Waals surface area contributed by atoms with Crippen molar-refractivity contribution in [2.45, 2.75) is 19.3 Å². The van der Waals surface area contributed by atoms with Crippen molar-refractivity contribution < 1.29 is 0 Å². The minimum absolute atomic E-state index is 0.0507. The van der Waals surface area contributed by atoms with Crippen molar-refractivity contribution in [2.24, 2.45) is 0 Å². The van der Waals surface area contributed by atoms with Gasteiger partial charge in [0.05, 0.1) is 11.0 Å². The van der Waals surface area contributed by atoms with Gasteiger partial charge < -0.3 is 9.47 Å². The van der Waals surface area contributed by atoms with E-state index in [0.717, 1.165) is 22.7 Å². The van der Waals surface area contributed by atoms with Gasteiger partial charge in [0, 0.05) is 38.9 Å². The molecule has 0 atom stereocenters. The molecule has 1 aromatic heterocycles. The average Bonchev–Trinajstić information content (AvgIpc) is 3.75. The fourth-order valence-corrected chi connectivity index (χ4v) is 9.38. The van der Waals surface area contributed by atoms with Gasteiger partial charge in [-0.2, -0.15) is 0 Å². The highest BCUT2D eigenvalue weighted by molar-refractivity contribution is 6.11. The van der Waals surface area contributed by atoms with Gasteiger partial charge in [0.1, 0.15) is 0 Å². The van der Waals surface area contributed by atoms with E-state index in [-0.39, 0.29) is 5.41 Å². The van der Waals surface area contributed by atoms with E-state index in [9.17, 15) is 0 Å². The van der Waals surface area contributed by atoms with Crippen LogP contribution in [-0.2, 0) is 5.41 Å². The van der Waals surface area contributed by atoms with Crippen LogP contribution in [0.3, 0.4) is 0 Å². The number of benzene rings is 9. The Bertz CT molecular complexity index is 3140.